The quantitative estimate of drug-likeness (QED) is 0.390. The molecule has 4 nitrogen and oxygen atoms in total. The topological polar surface area (TPSA) is 52.0 Å². The molecule has 4 heteroatoms. The molecule has 1 aliphatic rings. The number of rotatable bonds is 5. The lowest BCUT2D eigenvalue weighted by atomic mass is 9.84. The van der Waals surface area contributed by atoms with Gasteiger partial charge in [0.05, 0.1) is 0 Å². The Hall–Kier alpha value is -0.730. The Balaban J connectivity index is 2.23. The Labute approximate surface area is 92.3 Å². The molecular weight excluding hydrogens is 188 g/mol. The zero-order chi connectivity index (χ0) is 11.1. The van der Waals surface area contributed by atoms with Gasteiger partial charge in [0.15, 0.2) is 0 Å². The molecule has 15 heavy (non-hydrogen) atoms. The SMILES string of the molecule is CCC1CCC(N(C)CCN=[N+]=[N-])CC1. The number of hydrogen-bond acceptors (Lipinski definition) is 2. The fourth-order valence-electron chi connectivity index (χ4n) is 2.42. The van der Waals surface area contributed by atoms with Gasteiger partial charge in [-0.05, 0) is 44.2 Å². The molecule has 0 unspecified atom stereocenters. The summed E-state index contributed by atoms with van der Waals surface area (Å²) >= 11 is 0. The lowest BCUT2D eigenvalue weighted by molar-refractivity contribution is 0.167. The van der Waals surface area contributed by atoms with Crippen molar-refractivity contribution in [1.29, 1.82) is 0 Å². The van der Waals surface area contributed by atoms with E-state index in [-0.39, 0.29) is 0 Å². The van der Waals surface area contributed by atoms with Crippen LogP contribution >= 0.6 is 0 Å². The van der Waals surface area contributed by atoms with Crippen LogP contribution in [-0.4, -0.2) is 31.1 Å². The second-order valence-electron chi connectivity index (χ2n) is 4.52. The van der Waals surface area contributed by atoms with E-state index in [1.165, 1.54) is 32.1 Å². The summed E-state index contributed by atoms with van der Waals surface area (Å²) in [6, 6.07) is 0.710. The Bertz CT molecular complexity index is 215. The summed E-state index contributed by atoms with van der Waals surface area (Å²) in [5.41, 5.74) is 8.20. The van der Waals surface area contributed by atoms with E-state index in [1.807, 2.05) is 0 Å². The maximum Gasteiger partial charge on any atom is 0.0385 e. The van der Waals surface area contributed by atoms with Crippen LogP contribution in [0.25, 0.3) is 10.4 Å². The van der Waals surface area contributed by atoms with Crippen molar-refractivity contribution < 1.29 is 0 Å². The molecule has 1 saturated carbocycles. The van der Waals surface area contributed by atoms with Gasteiger partial charge in [0.25, 0.3) is 0 Å². The van der Waals surface area contributed by atoms with E-state index in [1.54, 1.807) is 0 Å². The van der Waals surface area contributed by atoms with Gasteiger partial charge in [0, 0.05) is 24.0 Å². The van der Waals surface area contributed by atoms with Crippen LogP contribution in [-0.2, 0) is 0 Å². The number of azide groups is 1. The van der Waals surface area contributed by atoms with Crippen LogP contribution in [0.4, 0.5) is 0 Å². The first-order valence-electron chi connectivity index (χ1n) is 5.99. The molecule has 0 saturated heterocycles. The normalized spacial score (nSPS) is 26.3. The zero-order valence-electron chi connectivity index (χ0n) is 9.89. The molecule has 86 valence electrons. The molecule has 1 fully saturated rings. The van der Waals surface area contributed by atoms with Crippen molar-refractivity contribution in [3.8, 4) is 0 Å². The highest BCUT2D eigenvalue weighted by atomic mass is 15.2. The van der Waals surface area contributed by atoms with E-state index in [0.29, 0.717) is 12.6 Å². The van der Waals surface area contributed by atoms with Gasteiger partial charge in [-0.1, -0.05) is 18.5 Å². The summed E-state index contributed by atoms with van der Waals surface area (Å²) in [5.74, 6) is 0.951. The Kier molecular flexibility index (Phi) is 5.51. The van der Waals surface area contributed by atoms with Crippen LogP contribution < -0.4 is 0 Å². The minimum atomic E-state index is 0.598. The highest BCUT2D eigenvalue weighted by molar-refractivity contribution is 4.77. The van der Waals surface area contributed by atoms with E-state index < -0.39 is 0 Å². The third-order valence-electron chi connectivity index (χ3n) is 3.63. The van der Waals surface area contributed by atoms with Gasteiger partial charge in [0.1, 0.15) is 0 Å². The summed E-state index contributed by atoms with van der Waals surface area (Å²) < 4.78 is 0. The van der Waals surface area contributed by atoms with Gasteiger partial charge in [-0.25, -0.2) is 0 Å². The molecule has 1 aliphatic carbocycles. The summed E-state index contributed by atoms with van der Waals surface area (Å²) in [4.78, 5) is 5.12. The second kappa shape index (κ2) is 6.70. The first-order chi connectivity index (χ1) is 7.27. The van der Waals surface area contributed by atoms with E-state index in [9.17, 15) is 0 Å². The van der Waals surface area contributed by atoms with Crippen molar-refractivity contribution in [3.05, 3.63) is 10.4 Å². The van der Waals surface area contributed by atoms with Gasteiger partial charge in [0.2, 0.25) is 0 Å². The Morgan fingerprint density at radius 3 is 2.53 bits per heavy atom. The molecule has 0 bridgehead atoms. The fraction of sp³-hybridized carbons (Fsp3) is 1.00. The predicted molar refractivity (Wildman–Crippen MR) is 62.7 cm³/mol. The van der Waals surface area contributed by atoms with Gasteiger partial charge in [-0.3, -0.25) is 0 Å². The monoisotopic (exact) mass is 210 g/mol. The van der Waals surface area contributed by atoms with E-state index >= 15 is 0 Å². The predicted octanol–water partition coefficient (Wildman–Crippen LogP) is 3.20. The molecule has 0 aliphatic heterocycles. The third kappa shape index (κ3) is 4.10. The van der Waals surface area contributed by atoms with Crippen LogP contribution in [0, 0.1) is 5.92 Å². The summed E-state index contributed by atoms with van der Waals surface area (Å²) in [7, 11) is 2.14. The summed E-state index contributed by atoms with van der Waals surface area (Å²) in [6.45, 7) is 3.78. The molecule has 0 amide bonds. The molecule has 0 atom stereocenters. The van der Waals surface area contributed by atoms with Gasteiger partial charge >= 0.3 is 0 Å². The molecule has 0 aromatic carbocycles. The minimum Gasteiger partial charge on any atom is -0.303 e. The maximum atomic E-state index is 8.20. The van der Waals surface area contributed by atoms with Crippen molar-refractivity contribution in [1.82, 2.24) is 4.90 Å². The van der Waals surface area contributed by atoms with Crippen molar-refractivity contribution in [2.24, 2.45) is 11.0 Å². The lowest BCUT2D eigenvalue weighted by Gasteiger charge is -2.34. The standard InChI is InChI=1S/C11H22N4/c1-3-10-4-6-11(7-5-10)15(2)9-8-13-14-12/h10-11H,3-9H2,1-2H3. The molecule has 0 radical (unpaired) electrons. The third-order valence-corrected chi connectivity index (χ3v) is 3.63. The highest BCUT2D eigenvalue weighted by Crippen LogP contribution is 2.28. The summed E-state index contributed by atoms with van der Waals surface area (Å²) in [5, 5.41) is 3.58. The van der Waals surface area contributed by atoms with Crippen LogP contribution in [0.1, 0.15) is 39.0 Å². The molecule has 0 N–H and O–H groups in total. The van der Waals surface area contributed by atoms with E-state index in [4.69, 9.17) is 5.53 Å². The Morgan fingerprint density at radius 2 is 2.00 bits per heavy atom. The van der Waals surface area contributed by atoms with Crippen molar-refractivity contribution >= 4 is 0 Å². The molecule has 1 rings (SSSR count). The number of nitrogens with zero attached hydrogens (tertiary/aromatic N) is 4. The summed E-state index contributed by atoms with van der Waals surface area (Å²) in [6.07, 6.45) is 6.69. The van der Waals surface area contributed by atoms with Gasteiger partial charge in [-0.15, -0.1) is 0 Å². The highest BCUT2D eigenvalue weighted by Gasteiger charge is 2.22. The van der Waals surface area contributed by atoms with Gasteiger partial charge in [-0.2, -0.15) is 0 Å². The van der Waals surface area contributed by atoms with Gasteiger partial charge < -0.3 is 4.90 Å². The first-order valence-corrected chi connectivity index (χ1v) is 5.99. The molecule has 0 aromatic rings. The van der Waals surface area contributed by atoms with Crippen LogP contribution in [0.3, 0.4) is 0 Å². The van der Waals surface area contributed by atoms with E-state index in [2.05, 4.69) is 28.9 Å². The smallest absolute Gasteiger partial charge is 0.0385 e. The average molecular weight is 210 g/mol. The Morgan fingerprint density at radius 1 is 1.33 bits per heavy atom. The first kappa shape index (κ1) is 12.3. The van der Waals surface area contributed by atoms with Crippen molar-refractivity contribution in [3.63, 3.8) is 0 Å². The lowest BCUT2D eigenvalue weighted by Crippen LogP contribution is -2.36. The van der Waals surface area contributed by atoms with Crippen LogP contribution in [0.5, 0.6) is 0 Å². The zero-order valence-corrected chi connectivity index (χ0v) is 9.89. The molecule has 0 aromatic heterocycles. The van der Waals surface area contributed by atoms with E-state index in [0.717, 1.165) is 12.5 Å². The molecule has 0 spiro atoms. The van der Waals surface area contributed by atoms with Crippen molar-refractivity contribution in [2.75, 3.05) is 20.1 Å². The largest absolute Gasteiger partial charge is 0.303 e. The number of hydrogen-bond donors (Lipinski definition) is 0. The minimum absolute atomic E-state index is 0.598. The number of likely N-dealkylation sites (N-methyl/N-ethyl adjacent to an activating group) is 1. The fourth-order valence-corrected chi connectivity index (χ4v) is 2.42. The average Bonchev–Trinajstić information content (AvgIpc) is 2.29. The van der Waals surface area contributed by atoms with Crippen molar-refractivity contribution in [2.45, 2.75) is 45.1 Å². The second-order valence-corrected chi connectivity index (χ2v) is 4.52. The molecular formula is C11H22N4. The maximum absolute atomic E-state index is 8.20. The molecule has 0 heterocycles. The van der Waals surface area contributed by atoms with Crippen LogP contribution in [0.15, 0.2) is 5.11 Å². The van der Waals surface area contributed by atoms with Crippen LogP contribution in [0.2, 0.25) is 0 Å².